The Bertz CT molecular complexity index is 605. The Morgan fingerprint density at radius 3 is 2.33 bits per heavy atom. The van der Waals surface area contributed by atoms with Crippen molar-refractivity contribution < 1.29 is 9.13 Å². The minimum Gasteiger partial charge on any atom is -0.457 e. The first kappa shape index (κ1) is 15.5. The van der Waals surface area contributed by atoms with Crippen molar-refractivity contribution in [3.8, 4) is 11.5 Å². The van der Waals surface area contributed by atoms with Crippen LogP contribution in [0.15, 0.2) is 42.5 Å². The summed E-state index contributed by atoms with van der Waals surface area (Å²) >= 11 is 0. The first-order valence-electron chi connectivity index (χ1n) is 7.24. The van der Waals surface area contributed by atoms with E-state index in [-0.39, 0.29) is 17.8 Å². The lowest BCUT2D eigenvalue weighted by Crippen LogP contribution is -2.14. The molecular formula is C18H22FNO. The molecule has 112 valence electrons. The van der Waals surface area contributed by atoms with Gasteiger partial charge in [0.25, 0.3) is 0 Å². The van der Waals surface area contributed by atoms with E-state index in [4.69, 9.17) is 10.5 Å². The standard InChI is InChI=1S/C18H22FNO/c1-4-18(2,3)13-8-10-14(11-9-13)21-17-7-5-6-16(19)15(17)12-20/h5-11H,4,12,20H2,1-3H3. The van der Waals surface area contributed by atoms with E-state index in [1.54, 1.807) is 12.1 Å². The molecule has 0 atom stereocenters. The summed E-state index contributed by atoms with van der Waals surface area (Å²) in [6.07, 6.45) is 1.06. The fourth-order valence-electron chi connectivity index (χ4n) is 2.14. The molecule has 0 aliphatic heterocycles. The van der Waals surface area contributed by atoms with Crippen LogP contribution < -0.4 is 10.5 Å². The van der Waals surface area contributed by atoms with Gasteiger partial charge in [-0.25, -0.2) is 4.39 Å². The smallest absolute Gasteiger partial charge is 0.134 e. The Labute approximate surface area is 125 Å². The van der Waals surface area contributed by atoms with Crippen molar-refractivity contribution in [3.05, 3.63) is 59.4 Å². The van der Waals surface area contributed by atoms with Crippen LogP contribution in [0.4, 0.5) is 4.39 Å². The third-order valence-corrected chi connectivity index (χ3v) is 4.03. The van der Waals surface area contributed by atoms with Crippen molar-refractivity contribution in [1.29, 1.82) is 0 Å². The minimum absolute atomic E-state index is 0.114. The van der Waals surface area contributed by atoms with Gasteiger partial charge in [-0.05, 0) is 41.7 Å². The van der Waals surface area contributed by atoms with Crippen LogP contribution in [0, 0.1) is 5.82 Å². The fraction of sp³-hybridized carbons (Fsp3) is 0.333. The number of hydrogen-bond donors (Lipinski definition) is 1. The van der Waals surface area contributed by atoms with Gasteiger partial charge in [-0.3, -0.25) is 0 Å². The molecule has 2 nitrogen and oxygen atoms in total. The molecule has 3 heteroatoms. The van der Waals surface area contributed by atoms with Crippen molar-refractivity contribution >= 4 is 0 Å². The van der Waals surface area contributed by atoms with Crippen LogP contribution in [-0.2, 0) is 12.0 Å². The lowest BCUT2D eigenvalue weighted by atomic mass is 9.82. The van der Waals surface area contributed by atoms with Gasteiger partial charge in [-0.1, -0.05) is 39.0 Å². The van der Waals surface area contributed by atoms with E-state index in [9.17, 15) is 4.39 Å². The van der Waals surface area contributed by atoms with E-state index in [1.807, 2.05) is 12.1 Å². The Morgan fingerprint density at radius 1 is 1.10 bits per heavy atom. The largest absolute Gasteiger partial charge is 0.457 e. The molecule has 0 fully saturated rings. The van der Waals surface area contributed by atoms with Crippen LogP contribution >= 0.6 is 0 Å². The summed E-state index contributed by atoms with van der Waals surface area (Å²) in [5, 5.41) is 0. The SMILES string of the molecule is CCC(C)(C)c1ccc(Oc2cccc(F)c2CN)cc1. The Kier molecular flexibility index (Phi) is 4.63. The quantitative estimate of drug-likeness (QED) is 0.860. The van der Waals surface area contributed by atoms with E-state index in [0.29, 0.717) is 17.1 Å². The van der Waals surface area contributed by atoms with Crippen molar-refractivity contribution in [3.63, 3.8) is 0 Å². The Hall–Kier alpha value is -1.87. The second kappa shape index (κ2) is 6.27. The summed E-state index contributed by atoms with van der Waals surface area (Å²) in [5.41, 5.74) is 7.38. The lowest BCUT2D eigenvalue weighted by molar-refractivity contribution is 0.465. The third kappa shape index (κ3) is 3.42. The number of nitrogens with two attached hydrogens (primary N) is 1. The minimum atomic E-state index is -0.335. The highest BCUT2D eigenvalue weighted by Crippen LogP contribution is 2.31. The van der Waals surface area contributed by atoms with E-state index < -0.39 is 0 Å². The van der Waals surface area contributed by atoms with Crippen molar-refractivity contribution in [2.75, 3.05) is 0 Å². The van der Waals surface area contributed by atoms with E-state index in [2.05, 4.69) is 32.9 Å². The molecule has 2 aromatic rings. The maximum absolute atomic E-state index is 13.7. The monoisotopic (exact) mass is 287 g/mol. The van der Waals surface area contributed by atoms with Crippen LogP contribution in [0.25, 0.3) is 0 Å². The molecule has 0 bridgehead atoms. The van der Waals surface area contributed by atoms with Gasteiger partial charge in [0.05, 0.1) is 0 Å². The first-order valence-corrected chi connectivity index (χ1v) is 7.24. The van der Waals surface area contributed by atoms with Crippen LogP contribution in [0.1, 0.15) is 38.3 Å². The highest BCUT2D eigenvalue weighted by atomic mass is 19.1. The number of hydrogen-bond acceptors (Lipinski definition) is 2. The average molecular weight is 287 g/mol. The number of ether oxygens (including phenoxy) is 1. The Balaban J connectivity index is 2.24. The summed E-state index contributed by atoms with van der Waals surface area (Å²) in [7, 11) is 0. The molecule has 0 radical (unpaired) electrons. The second-order valence-corrected chi connectivity index (χ2v) is 5.78. The lowest BCUT2D eigenvalue weighted by Gasteiger charge is -2.23. The van der Waals surface area contributed by atoms with Crippen molar-refractivity contribution in [2.24, 2.45) is 5.73 Å². The maximum atomic E-state index is 13.7. The molecule has 2 rings (SSSR count). The molecule has 0 aliphatic carbocycles. The zero-order chi connectivity index (χ0) is 15.5. The topological polar surface area (TPSA) is 35.2 Å². The zero-order valence-corrected chi connectivity index (χ0v) is 12.8. The molecule has 0 aliphatic rings. The van der Waals surface area contributed by atoms with Crippen LogP contribution in [0.2, 0.25) is 0 Å². The summed E-state index contributed by atoms with van der Waals surface area (Å²) in [4.78, 5) is 0. The number of rotatable bonds is 5. The number of halogens is 1. The Morgan fingerprint density at radius 2 is 1.76 bits per heavy atom. The molecule has 0 saturated carbocycles. The van der Waals surface area contributed by atoms with Crippen molar-refractivity contribution in [1.82, 2.24) is 0 Å². The molecule has 2 N–H and O–H groups in total. The highest BCUT2D eigenvalue weighted by Gasteiger charge is 2.17. The predicted molar refractivity (Wildman–Crippen MR) is 84.1 cm³/mol. The van der Waals surface area contributed by atoms with Gasteiger partial charge >= 0.3 is 0 Å². The van der Waals surface area contributed by atoms with Gasteiger partial charge < -0.3 is 10.5 Å². The average Bonchev–Trinajstić information content (AvgIpc) is 2.48. The summed E-state index contributed by atoms with van der Waals surface area (Å²) in [5.74, 6) is 0.824. The summed E-state index contributed by atoms with van der Waals surface area (Å²) in [6.45, 7) is 6.71. The molecule has 0 amide bonds. The highest BCUT2D eigenvalue weighted by molar-refractivity contribution is 5.40. The summed E-state index contributed by atoms with van der Waals surface area (Å²) < 4.78 is 19.4. The number of benzene rings is 2. The van der Waals surface area contributed by atoms with E-state index in [1.165, 1.54) is 11.6 Å². The van der Waals surface area contributed by atoms with Gasteiger partial charge in [0.1, 0.15) is 17.3 Å². The normalized spacial score (nSPS) is 11.5. The first-order chi connectivity index (χ1) is 9.97. The molecule has 0 unspecified atom stereocenters. The van der Waals surface area contributed by atoms with Gasteiger partial charge in [-0.15, -0.1) is 0 Å². The van der Waals surface area contributed by atoms with Gasteiger partial charge in [0.15, 0.2) is 0 Å². The molecule has 21 heavy (non-hydrogen) atoms. The van der Waals surface area contributed by atoms with Gasteiger partial charge in [0.2, 0.25) is 0 Å². The molecule has 0 saturated heterocycles. The fourth-order valence-corrected chi connectivity index (χ4v) is 2.14. The van der Waals surface area contributed by atoms with Gasteiger partial charge in [-0.2, -0.15) is 0 Å². The van der Waals surface area contributed by atoms with Crippen molar-refractivity contribution in [2.45, 2.75) is 39.2 Å². The molecule has 0 aromatic heterocycles. The molecule has 0 heterocycles. The molecular weight excluding hydrogens is 265 g/mol. The second-order valence-electron chi connectivity index (χ2n) is 5.78. The zero-order valence-electron chi connectivity index (χ0n) is 12.8. The van der Waals surface area contributed by atoms with Crippen LogP contribution in [0.3, 0.4) is 0 Å². The predicted octanol–water partition coefficient (Wildman–Crippen LogP) is 4.76. The summed E-state index contributed by atoms with van der Waals surface area (Å²) in [6, 6.07) is 12.7. The van der Waals surface area contributed by atoms with E-state index >= 15 is 0 Å². The van der Waals surface area contributed by atoms with Crippen LogP contribution in [-0.4, -0.2) is 0 Å². The maximum Gasteiger partial charge on any atom is 0.134 e. The van der Waals surface area contributed by atoms with E-state index in [0.717, 1.165) is 6.42 Å². The molecule has 2 aromatic carbocycles. The third-order valence-electron chi connectivity index (χ3n) is 4.03. The van der Waals surface area contributed by atoms with Gasteiger partial charge in [0, 0.05) is 12.1 Å². The van der Waals surface area contributed by atoms with Crippen LogP contribution in [0.5, 0.6) is 11.5 Å². The molecule has 0 spiro atoms.